The van der Waals surface area contributed by atoms with Gasteiger partial charge in [0.2, 0.25) is 0 Å². The van der Waals surface area contributed by atoms with Crippen LogP contribution in [0.2, 0.25) is 0 Å². The van der Waals surface area contributed by atoms with Crippen LogP contribution in [0.3, 0.4) is 0 Å². The van der Waals surface area contributed by atoms with Crippen LogP contribution in [0, 0.1) is 0 Å². The first-order chi connectivity index (χ1) is 16.3. The number of ether oxygens (including phenoxy) is 8. The first-order valence-electron chi connectivity index (χ1n) is 12.3. The SMILES string of the molecule is COCO[C@H]([C@@H]1OC(C)(C)O[C@H]1COCCCCCOCc1ccccc1)[C@H]1COC(C)(C)O1. The summed E-state index contributed by atoms with van der Waals surface area (Å²) in [5.41, 5.74) is 1.20. The van der Waals surface area contributed by atoms with Gasteiger partial charge in [0.15, 0.2) is 11.6 Å². The van der Waals surface area contributed by atoms with E-state index in [-0.39, 0.29) is 25.1 Å². The standard InChI is InChI=1S/C26H42O8/c1-25(2)31-18-22(32-25)23(30-19-27-5)24-21(33-26(3,4)34-24)17-29-15-11-7-10-14-28-16-20-12-8-6-9-13-20/h6,8-9,12-13,21-24H,7,10-11,14-19H2,1-5H3/t21-,22+,23-,24+/m0/s1. The van der Waals surface area contributed by atoms with Crippen LogP contribution >= 0.6 is 0 Å². The van der Waals surface area contributed by atoms with E-state index >= 15 is 0 Å². The molecule has 0 spiro atoms. The van der Waals surface area contributed by atoms with Crippen LogP contribution in [0.25, 0.3) is 0 Å². The molecule has 0 aromatic heterocycles. The lowest BCUT2D eigenvalue weighted by Gasteiger charge is -2.30. The van der Waals surface area contributed by atoms with Crippen molar-refractivity contribution in [2.75, 3.05) is 40.3 Å². The Kier molecular flexibility index (Phi) is 10.7. The van der Waals surface area contributed by atoms with E-state index in [4.69, 9.17) is 37.9 Å². The highest BCUT2D eigenvalue weighted by Crippen LogP contribution is 2.35. The van der Waals surface area contributed by atoms with Gasteiger partial charge in [0, 0.05) is 20.3 Å². The molecule has 0 amide bonds. The molecule has 1 aromatic rings. The maximum absolute atomic E-state index is 6.23. The van der Waals surface area contributed by atoms with Crippen molar-refractivity contribution in [3.63, 3.8) is 0 Å². The molecule has 0 bridgehead atoms. The molecule has 0 saturated carbocycles. The van der Waals surface area contributed by atoms with E-state index in [9.17, 15) is 0 Å². The topological polar surface area (TPSA) is 73.8 Å². The van der Waals surface area contributed by atoms with Crippen LogP contribution in [0.5, 0.6) is 0 Å². The van der Waals surface area contributed by atoms with Gasteiger partial charge in [-0.25, -0.2) is 0 Å². The van der Waals surface area contributed by atoms with E-state index in [1.165, 1.54) is 5.56 Å². The molecular formula is C26H42O8. The third-order valence-corrected chi connectivity index (χ3v) is 5.79. The number of unbranched alkanes of at least 4 members (excludes halogenated alkanes) is 2. The van der Waals surface area contributed by atoms with Crippen LogP contribution in [-0.2, 0) is 44.5 Å². The van der Waals surface area contributed by atoms with E-state index in [0.717, 1.165) is 25.9 Å². The molecular weight excluding hydrogens is 440 g/mol. The summed E-state index contributed by atoms with van der Waals surface area (Å²) >= 11 is 0. The van der Waals surface area contributed by atoms with Crippen molar-refractivity contribution in [3.05, 3.63) is 35.9 Å². The molecule has 2 aliphatic rings. The molecule has 34 heavy (non-hydrogen) atoms. The third kappa shape index (κ3) is 8.84. The molecule has 2 saturated heterocycles. The second-order valence-corrected chi connectivity index (χ2v) is 9.72. The summed E-state index contributed by atoms with van der Waals surface area (Å²) in [6.07, 6.45) is 1.69. The zero-order chi connectivity index (χ0) is 24.4. The number of methoxy groups -OCH3 is 1. The average Bonchev–Trinajstić information content (AvgIpc) is 3.31. The molecule has 194 valence electrons. The second-order valence-electron chi connectivity index (χ2n) is 9.72. The first-order valence-corrected chi connectivity index (χ1v) is 12.3. The zero-order valence-electron chi connectivity index (χ0n) is 21.3. The van der Waals surface area contributed by atoms with E-state index in [0.29, 0.717) is 26.4 Å². The van der Waals surface area contributed by atoms with Crippen molar-refractivity contribution in [2.45, 2.75) is 89.6 Å². The summed E-state index contributed by atoms with van der Waals surface area (Å²) in [4.78, 5) is 0. The normalized spacial score (nSPS) is 26.7. The summed E-state index contributed by atoms with van der Waals surface area (Å²) in [6.45, 7) is 10.6. The van der Waals surface area contributed by atoms with Crippen LogP contribution in [0.4, 0.5) is 0 Å². The summed E-state index contributed by atoms with van der Waals surface area (Å²) in [5, 5.41) is 0. The van der Waals surface area contributed by atoms with Crippen LogP contribution in [-0.4, -0.2) is 76.3 Å². The fourth-order valence-electron chi connectivity index (χ4n) is 4.26. The smallest absolute Gasteiger partial charge is 0.164 e. The Morgan fingerprint density at radius 2 is 1.65 bits per heavy atom. The summed E-state index contributed by atoms with van der Waals surface area (Å²) in [6, 6.07) is 10.2. The molecule has 0 aliphatic carbocycles. The van der Waals surface area contributed by atoms with E-state index in [1.54, 1.807) is 7.11 Å². The van der Waals surface area contributed by atoms with Crippen LogP contribution in [0.15, 0.2) is 30.3 Å². The number of hydrogen-bond acceptors (Lipinski definition) is 8. The second kappa shape index (κ2) is 13.3. The van der Waals surface area contributed by atoms with E-state index in [1.807, 2.05) is 45.9 Å². The minimum absolute atomic E-state index is 0.130. The lowest BCUT2D eigenvalue weighted by Crippen LogP contribution is -2.48. The minimum Gasteiger partial charge on any atom is -0.379 e. The number of benzene rings is 1. The molecule has 0 unspecified atom stereocenters. The van der Waals surface area contributed by atoms with Crippen molar-refractivity contribution < 1.29 is 37.9 Å². The van der Waals surface area contributed by atoms with Gasteiger partial charge in [0.05, 0.1) is 19.8 Å². The summed E-state index contributed by atoms with van der Waals surface area (Å²) in [7, 11) is 1.59. The maximum atomic E-state index is 6.23. The highest BCUT2D eigenvalue weighted by Gasteiger charge is 2.51. The molecule has 8 heteroatoms. The molecule has 0 radical (unpaired) electrons. The van der Waals surface area contributed by atoms with Crippen LogP contribution < -0.4 is 0 Å². The van der Waals surface area contributed by atoms with E-state index < -0.39 is 17.7 Å². The van der Waals surface area contributed by atoms with Gasteiger partial charge in [0.1, 0.15) is 31.2 Å². The lowest BCUT2D eigenvalue weighted by atomic mass is 10.0. The third-order valence-electron chi connectivity index (χ3n) is 5.79. The van der Waals surface area contributed by atoms with Crippen molar-refractivity contribution in [1.82, 2.24) is 0 Å². The molecule has 4 atom stereocenters. The largest absolute Gasteiger partial charge is 0.379 e. The molecule has 1 aromatic carbocycles. The van der Waals surface area contributed by atoms with Gasteiger partial charge in [-0.1, -0.05) is 30.3 Å². The summed E-state index contributed by atoms with van der Waals surface area (Å²) < 4.78 is 47.1. The molecule has 2 aliphatic heterocycles. The molecule has 8 nitrogen and oxygen atoms in total. The molecule has 2 fully saturated rings. The Balaban J connectivity index is 1.38. The van der Waals surface area contributed by atoms with E-state index in [2.05, 4.69) is 12.1 Å². The van der Waals surface area contributed by atoms with Gasteiger partial charge in [0.25, 0.3) is 0 Å². The monoisotopic (exact) mass is 482 g/mol. The van der Waals surface area contributed by atoms with Gasteiger partial charge < -0.3 is 37.9 Å². The lowest BCUT2D eigenvalue weighted by molar-refractivity contribution is -0.204. The predicted octanol–water partition coefficient (Wildman–Crippen LogP) is 4.05. The Morgan fingerprint density at radius 1 is 0.912 bits per heavy atom. The van der Waals surface area contributed by atoms with Crippen molar-refractivity contribution >= 4 is 0 Å². The highest BCUT2D eigenvalue weighted by molar-refractivity contribution is 5.13. The molecule has 0 N–H and O–H groups in total. The van der Waals surface area contributed by atoms with Crippen LogP contribution in [0.1, 0.15) is 52.5 Å². The Bertz CT molecular complexity index is 695. The first kappa shape index (κ1) is 27.5. The van der Waals surface area contributed by atoms with Gasteiger partial charge in [-0.3, -0.25) is 0 Å². The fraction of sp³-hybridized carbons (Fsp3) is 0.769. The highest BCUT2D eigenvalue weighted by atomic mass is 16.8. The van der Waals surface area contributed by atoms with Crippen molar-refractivity contribution in [2.24, 2.45) is 0 Å². The number of hydrogen-bond donors (Lipinski definition) is 0. The zero-order valence-corrected chi connectivity index (χ0v) is 21.3. The van der Waals surface area contributed by atoms with Gasteiger partial charge >= 0.3 is 0 Å². The summed E-state index contributed by atoms with van der Waals surface area (Å²) in [5.74, 6) is -1.40. The number of rotatable bonds is 15. The fourth-order valence-corrected chi connectivity index (χ4v) is 4.26. The predicted molar refractivity (Wildman–Crippen MR) is 126 cm³/mol. The van der Waals surface area contributed by atoms with Crippen molar-refractivity contribution in [1.29, 1.82) is 0 Å². The Morgan fingerprint density at radius 3 is 2.32 bits per heavy atom. The quantitative estimate of drug-likeness (QED) is 0.274. The maximum Gasteiger partial charge on any atom is 0.164 e. The average molecular weight is 483 g/mol. The Labute approximate surface area is 204 Å². The molecule has 2 heterocycles. The van der Waals surface area contributed by atoms with Gasteiger partial charge in [-0.15, -0.1) is 0 Å². The molecule has 3 rings (SSSR count). The Hall–Kier alpha value is -1.10. The van der Waals surface area contributed by atoms with Crippen molar-refractivity contribution in [3.8, 4) is 0 Å². The van der Waals surface area contributed by atoms with Gasteiger partial charge in [-0.05, 0) is 52.5 Å². The van der Waals surface area contributed by atoms with Gasteiger partial charge in [-0.2, -0.15) is 0 Å². The minimum atomic E-state index is -0.738.